The normalized spacial score (nSPS) is 29.8. The van der Waals surface area contributed by atoms with Gasteiger partial charge in [0.05, 0.1) is 18.6 Å². The van der Waals surface area contributed by atoms with E-state index in [1.807, 2.05) is 60.7 Å². The lowest BCUT2D eigenvalue weighted by Gasteiger charge is -2.40. The van der Waals surface area contributed by atoms with Crippen molar-refractivity contribution in [2.24, 2.45) is 4.99 Å². The van der Waals surface area contributed by atoms with E-state index in [2.05, 4.69) is 29.7 Å². The average Bonchev–Trinajstić information content (AvgIpc) is 3.84. The molecule has 3 aromatic carbocycles. The van der Waals surface area contributed by atoms with Crippen LogP contribution in [0, 0.1) is 0 Å². The summed E-state index contributed by atoms with van der Waals surface area (Å²) in [6.45, 7) is 6.15. The molecular weight excluding hydrogens is 556 g/mol. The van der Waals surface area contributed by atoms with Gasteiger partial charge in [-0.15, -0.1) is 0 Å². The van der Waals surface area contributed by atoms with Crippen molar-refractivity contribution in [1.82, 2.24) is 4.90 Å². The van der Waals surface area contributed by atoms with Gasteiger partial charge in [-0.1, -0.05) is 55.1 Å². The quantitative estimate of drug-likeness (QED) is 0.278. The fourth-order valence-corrected chi connectivity index (χ4v) is 7.82. The lowest BCUT2D eigenvalue weighted by atomic mass is 9.77. The molecule has 4 heterocycles. The van der Waals surface area contributed by atoms with Gasteiger partial charge in [-0.2, -0.15) is 0 Å². The van der Waals surface area contributed by atoms with E-state index in [4.69, 9.17) is 28.7 Å². The van der Waals surface area contributed by atoms with Crippen LogP contribution in [0.2, 0.25) is 0 Å². The molecule has 3 aromatic rings. The highest BCUT2D eigenvalue weighted by Gasteiger charge is 2.60. The maximum atomic E-state index is 14.7. The standard InChI is InChI=1S/C36H34N2O6/c1-3-36(32(23-11-6-4-7-12-23)37-33(44-36)24-13-8-5-9-14-24)34(39)43-31-29(40-2)21-35-16-10-17-38(35)18-15-25-19-27-28(42-22-41-27)20-26(25)30(31)35/h3-9,11-14,19-21,30-32H,1,10,15-18,22H2,2H3. The molecule has 4 aliphatic heterocycles. The number of esters is 1. The number of carbonyl (C=O) groups excluding carboxylic acids is 1. The lowest BCUT2D eigenvalue weighted by Crippen LogP contribution is -2.49. The summed E-state index contributed by atoms with van der Waals surface area (Å²) in [6.07, 6.45) is 5.89. The molecule has 0 saturated carbocycles. The SMILES string of the molecule is C=CC1(C(=O)OC2C(OC)=CC34CCCN3CCc3cc5c(cc3C24)OCO5)OC(c2ccccc2)=NC1c1ccccc1. The highest BCUT2D eigenvalue weighted by atomic mass is 16.7. The Morgan fingerprint density at radius 1 is 1.05 bits per heavy atom. The van der Waals surface area contributed by atoms with Crippen molar-refractivity contribution in [2.75, 3.05) is 27.0 Å². The number of fused-ring (bicyclic) bond motifs is 3. The number of hydrogen-bond acceptors (Lipinski definition) is 8. The Kier molecular flexibility index (Phi) is 6.31. The second-order valence-electron chi connectivity index (χ2n) is 12.0. The number of methoxy groups -OCH3 is 1. The number of nitrogens with zero attached hydrogens (tertiary/aromatic N) is 2. The number of aliphatic imine (C=N–C) groups is 1. The van der Waals surface area contributed by atoms with Crippen molar-refractivity contribution in [3.8, 4) is 11.5 Å². The van der Waals surface area contributed by atoms with Crippen molar-refractivity contribution in [3.63, 3.8) is 0 Å². The van der Waals surface area contributed by atoms with Gasteiger partial charge < -0.3 is 23.7 Å². The summed E-state index contributed by atoms with van der Waals surface area (Å²) < 4.78 is 30.7. The number of hydrogen-bond donors (Lipinski definition) is 0. The topological polar surface area (TPSA) is 78.8 Å². The molecule has 0 amide bonds. The summed E-state index contributed by atoms with van der Waals surface area (Å²) in [5.41, 5.74) is 1.94. The van der Waals surface area contributed by atoms with Gasteiger partial charge in [0.15, 0.2) is 17.6 Å². The van der Waals surface area contributed by atoms with E-state index in [1.165, 1.54) is 11.6 Å². The highest BCUT2D eigenvalue weighted by molar-refractivity contribution is 6.00. The Labute approximate surface area is 256 Å². The number of carbonyl (C=O) groups is 1. The third kappa shape index (κ3) is 3.93. The van der Waals surface area contributed by atoms with Gasteiger partial charge in [0.25, 0.3) is 5.60 Å². The molecule has 0 aromatic heterocycles. The maximum absolute atomic E-state index is 14.7. The van der Waals surface area contributed by atoms with Gasteiger partial charge >= 0.3 is 5.97 Å². The fraction of sp³-hybridized carbons (Fsp3) is 0.333. The molecule has 8 heteroatoms. The first-order valence-electron chi connectivity index (χ1n) is 15.2. The predicted molar refractivity (Wildman–Crippen MR) is 164 cm³/mol. The lowest BCUT2D eigenvalue weighted by molar-refractivity contribution is -0.166. The zero-order valence-electron chi connectivity index (χ0n) is 24.6. The molecule has 1 fully saturated rings. The van der Waals surface area contributed by atoms with Gasteiger partial charge in [-0.05, 0) is 78.9 Å². The Bertz CT molecular complexity index is 1690. The third-order valence-electron chi connectivity index (χ3n) is 9.87. The molecule has 1 spiro atoms. The van der Waals surface area contributed by atoms with Crippen LogP contribution in [0.25, 0.3) is 0 Å². The van der Waals surface area contributed by atoms with E-state index < -0.39 is 23.7 Å². The fourth-order valence-electron chi connectivity index (χ4n) is 7.82. The molecule has 1 saturated heterocycles. The minimum Gasteiger partial charge on any atom is -0.497 e. The predicted octanol–water partition coefficient (Wildman–Crippen LogP) is 5.49. The van der Waals surface area contributed by atoms with Crippen LogP contribution in [0.1, 0.15) is 47.1 Å². The van der Waals surface area contributed by atoms with Crippen LogP contribution < -0.4 is 9.47 Å². The van der Waals surface area contributed by atoms with E-state index in [-0.39, 0.29) is 18.2 Å². The maximum Gasteiger partial charge on any atom is 0.358 e. The molecule has 0 bridgehead atoms. The summed E-state index contributed by atoms with van der Waals surface area (Å²) >= 11 is 0. The van der Waals surface area contributed by atoms with Crippen LogP contribution in [-0.4, -0.2) is 61.0 Å². The molecule has 0 radical (unpaired) electrons. The zero-order valence-corrected chi connectivity index (χ0v) is 24.6. The Morgan fingerprint density at radius 2 is 1.80 bits per heavy atom. The molecule has 8 rings (SSSR count). The molecule has 1 aliphatic carbocycles. The van der Waals surface area contributed by atoms with Gasteiger partial charge in [-0.3, -0.25) is 4.90 Å². The van der Waals surface area contributed by atoms with Crippen LogP contribution >= 0.6 is 0 Å². The summed E-state index contributed by atoms with van der Waals surface area (Å²) in [6, 6.07) is 22.8. The molecule has 5 aliphatic rings. The first-order chi connectivity index (χ1) is 21.6. The van der Waals surface area contributed by atoms with Crippen LogP contribution in [-0.2, 0) is 25.4 Å². The minimum absolute atomic E-state index is 0.198. The van der Waals surface area contributed by atoms with Crippen LogP contribution in [0.5, 0.6) is 11.5 Å². The molecule has 5 atom stereocenters. The largest absolute Gasteiger partial charge is 0.497 e. The van der Waals surface area contributed by atoms with Crippen molar-refractivity contribution < 1.29 is 28.5 Å². The van der Waals surface area contributed by atoms with Crippen molar-refractivity contribution in [1.29, 1.82) is 0 Å². The van der Waals surface area contributed by atoms with E-state index in [9.17, 15) is 4.79 Å². The van der Waals surface area contributed by atoms with Crippen LogP contribution in [0.4, 0.5) is 0 Å². The molecular formula is C36H34N2O6. The van der Waals surface area contributed by atoms with Gasteiger partial charge in [0, 0.05) is 12.1 Å². The third-order valence-corrected chi connectivity index (χ3v) is 9.87. The van der Waals surface area contributed by atoms with E-state index >= 15 is 0 Å². The van der Waals surface area contributed by atoms with Gasteiger partial charge in [0.1, 0.15) is 11.8 Å². The van der Waals surface area contributed by atoms with Gasteiger partial charge in [-0.25, -0.2) is 9.79 Å². The first kappa shape index (κ1) is 27.0. The molecule has 224 valence electrons. The first-order valence-corrected chi connectivity index (χ1v) is 15.2. The highest BCUT2D eigenvalue weighted by Crippen LogP contribution is 2.56. The number of benzene rings is 3. The Balaban J connectivity index is 1.21. The van der Waals surface area contributed by atoms with Crippen LogP contribution in [0.15, 0.2) is 102 Å². The van der Waals surface area contributed by atoms with E-state index in [1.54, 1.807) is 7.11 Å². The van der Waals surface area contributed by atoms with E-state index in [0.29, 0.717) is 17.4 Å². The van der Waals surface area contributed by atoms with E-state index in [0.717, 1.165) is 54.8 Å². The Hall–Kier alpha value is -4.56. The zero-order chi connectivity index (χ0) is 29.9. The second-order valence-corrected chi connectivity index (χ2v) is 12.0. The van der Waals surface area contributed by atoms with Crippen molar-refractivity contribution in [2.45, 2.75) is 48.5 Å². The van der Waals surface area contributed by atoms with Crippen molar-refractivity contribution in [3.05, 3.63) is 120 Å². The second kappa shape index (κ2) is 10.3. The minimum atomic E-state index is -1.58. The summed E-state index contributed by atoms with van der Waals surface area (Å²) in [7, 11) is 1.65. The molecule has 44 heavy (non-hydrogen) atoms. The van der Waals surface area contributed by atoms with Gasteiger partial charge in [0.2, 0.25) is 12.7 Å². The van der Waals surface area contributed by atoms with Crippen molar-refractivity contribution >= 4 is 11.9 Å². The summed E-state index contributed by atoms with van der Waals surface area (Å²) in [5, 5.41) is 0. The average molecular weight is 591 g/mol. The molecule has 5 unspecified atom stereocenters. The number of rotatable bonds is 6. The Morgan fingerprint density at radius 3 is 2.55 bits per heavy atom. The van der Waals surface area contributed by atoms with Crippen LogP contribution in [0.3, 0.4) is 0 Å². The number of ether oxygens (including phenoxy) is 5. The monoisotopic (exact) mass is 590 g/mol. The molecule has 0 N–H and O–H groups in total. The molecule has 8 nitrogen and oxygen atoms in total. The smallest absolute Gasteiger partial charge is 0.358 e. The summed E-state index contributed by atoms with van der Waals surface area (Å²) in [4.78, 5) is 22.2. The summed E-state index contributed by atoms with van der Waals surface area (Å²) in [5.74, 6) is 1.72.